The molecule has 0 spiro atoms. The molecule has 0 aliphatic heterocycles. The number of rotatable bonds is 4. The second kappa shape index (κ2) is 6.57. The summed E-state index contributed by atoms with van der Waals surface area (Å²) in [5.41, 5.74) is 0.115. The van der Waals surface area contributed by atoms with Gasteiger partial charge in [0, 0.05) is 28.7 Å². The zero-order valence-electron chi connectivity index (χ0n) is 12.0. The molecule has 0 fully saturated rings. The van der Waals surface area contributed by atoms with E-state index in [1.165, 1.54) is 20.3 Å². The number of aromatic nitrogens is 1. The van der Waals surface area contributed by atoms with Crippen molar-refractivity contribution in [2.45, 2.75) is 0 Å². The molecule has 0 radical (unpaired) electrons. The molecule has 0 aliphatic rings. The van der Waals surface area contributed by atoms with Crippen LogP contribution >= 0.6 is 0 Å². The average Bonchev–Trinajstić information content (AvgIpc) is 2.53. The van der Waals surface area contributed by atoms with Crippen molar-refractivity contribution in [1.29, 1.82) is 0 Å². The molecule has 1 heterocycles. The van der Waals surface area contributed by atoms with Gasteiger partial charge in [-0.3, -0.25) is 4.79 Å². The first-order chi connectivity index (χ1) is 10.5. The van der Waals surface area contributed by atoms with E-state index in [2.05, 4.69) is 19.8 Å². The first-order valence-electron chi connectivity index (χ1n) is 6.31. The van der Waals surface area contributed by atoms with Crippen LogP contribution in [0.2, 0.25) is 0 Å². The van der Waals surface area contributed by atoms with Crippen molar-refractivity contribution in [1.82, 2.24) is 4.98 Å². The number of esters is 2. The molecule has 0 aliphatic carbocycles. The molecule has 1 aromatic carbocycles. The summed E-state index contributed by atoms with van der Waals surface area (Å²) in [5, 5.41) is 4.17. The number of nitrogens with one attached hydrogen (secondary N) is 2. The quantitative estimate of drug-likeness (QED) is 0.650. The molecule has 22 heavy (non-hydrogen) atoms. The summed E-state index contributed by atoms with van der Waals surface area (Å²) in [5.74, 6) is -1.43. The van der Waals surface area contributed by atoms with Gasteiger partial charge in [-0.1, -0.05) is 12.1 Å². The van der Waals surface area contributed by atoms with E-state index in [0.29, 0.717) is 11.1 Å². The topological polar surface area (TPSA) is 97.5 Å². The Morgan fingerprint density at radius 1 is 1.23 bits per heavy atom. The Labute approximate surface area is 125 Å². The maximum absolute atomic E-state index is 11.7. The number of hydrogen-bond donors (Lipinski definition) is 2. The van der Waals surface area contributed by atoms with E-state index in [0.717, 1.165) is 11.5 Å². The minimum atomic E-state index is -0.729. The van der Waals surface area contributed by atoms with Crippen molar-refractivity contribution in [3.05, 3.63) is 52.6 Å². The predicted octanol–water partition coefficient (Wildman–Crippen LogP) is 1.17. The SMILES string of the molecule is COC(=O)/C=C(/Nc1cccc2c[nH]c(=O)cc12)C(=O)OC. The molecule has 0 amide bonds. The third kappa shape index (κ3) is 3.32. The summed E-state index contributed by atoms with van der Waals surface area (Å²) in [7, 11) is 2.40. The molecular formula is C15H14N2O5. The Balaban J connectivity index is 2.48. The lowest BCUT2D eigenvalue weighted by atomic mass is 10.1. The Morgan fingerprint density at radius 2 is 2.00 bits per heavy atom. The van der Waals surface area contributed by atoms with Crippen LogP contribution in [0.4, 0.5) is 5.69 Å². The summed E-state index contributed by atoms with van der Waals surface area (Å²) in [6.45, 7) is 0. The van der Waals surface area contributed by atoms with E-state index in [1.807, 2.05) is 0 Å². The molecule has 0 saturated carbocycles. The number of pyridine rings is 1. The number of ether oxygens (including phenoxy) is 2. The number of H-pyrrole nitrogens is 1. The molecule has 7 heteroatoms. The van der Waals surface area contributed by atoms with Crippen molar-refractivity contribution in [2.75, 3.05) is 19.5 Å². The number of anilines is 1. The molecule has 0 unspecified atom stereocenters. The fourth-order valence-electron chi connectivity index (χ4n) is 1.88. The van der Waals surface area contributed by atoms with Gasteiger partial charge in [-0.2, -0.15) is 0 Å². The zero-order chi connectivity index (χ0) is 16.1. The highest BCUT2D eigenvalue weighted by atomic mass is 16.5. The minimum absolute atomic E-state index is 0.0952. The minimum Gasteiger partial charge on any atom is -0.466 e. The van der Waals surface area contributed by atoms with Gasteiger partial charge in [-0.05, 0) is 6.07 Å². The van der Waals surface area contributed by atoms with Crippen molar-refractivity contribution >= 4 is 28.4 Å². The predicted molar refractivity (Wildman–Crippen MR) is 80.3 cm³/mol. The molecule has 7 nitrogen and oxygen atoms in total. The molecule has 114 valence electrons. The van der Waals surface area contributed by atoms with Crippen molar-refractivity contribution in [3.8, 4) is 0 Å². The lowest BCUT2D eigenvalue weighted by Crippen LogP contribution is -2.16. The van der Waals surface area contributed by atoms with E-state index in [9.17, 15) is 14.4 Å². The third-order valence-electron chi connectivity index (χ3n) is 2.92. The number of fused-ring (bicyclic) bond motifs is 1. The van der Waals surface area contributed by atoms with Crippen LogP contribution in [0.3, 0.4) is 0 Å². The van der Waals surface area contributed by atoms with E-state index in [1.54, 1.807) is 24.4 Å². The Morgan fingerprint density at radius 3 is 2.68 bits per heavy atom. The number of aromatic amines is 1. The standard InChI is InChI=1S/C15H14N2O5/c1-21-14(19)7-12(15(20)22-2)17-11-5-3-4-9-8-16-13(18)6-10(9)11/h3-8,17H,1-2H3,(H,16,18)/b12-7+. The van der Waals surface area contributed by atoms with Gasteiger partial charge in [0.15, 0.2) is 0 Å². The van der Waals surface area contributed by atoms with Crippen molar-refractivity contribution < 1.29 is 19.1 Å². The van der Waals surface area contributed by atoms with Gasteiger partial charge < -0.3 is 19.8 Å². The van der Waals surface area contributed by atoms with E-state index < -0.39 is 11.9 Å². The number of methoxy groups -OCH3 is 2. The maximum Gasteiger partial charge on any atom is 0.354 e. The molecular weight excluding hydrogens is 288 g/mol. The highest BCUT2D eigenvalue weighted by Crippen LogP contribution is 2.22. The van der Waals surface area contributed by atoms with Crippen LogP contribution < -0.4 is 10.9 Å². The van der Waals surface area contributed by atoms with Gasteiger partial charge in [0.1, 0.15) is 5.70 Å². The van der Waals surface area contributed by atoms with Gasteiger partial charge in [0.25, 0.3) is 0 Å². The smallest absolute Gasteiger partial charge is 0.354 e. The highest BCUT2D eigenvalue weighted by Gasteiger charge is 2.14. The summed E-state index contributed by atoms with van der Waals surface area (Å²) in [6, 6.07) is 6.62. The monoisotopic (exact) mass is 302 g/mol. The number of hydrogen-bond acceptors (Lipinski definition) is 6. The van der Waals surface area contributed by atoms with Crippen LogP contribution in [-0.4, -0.2) is 31.1 Å². The number of carbonyl (C=O) groups excluding carboxylic acids is 2. The first-order valence-corrected chi connectivity index (χ1v) is 6.31. The van der Waals surface area contributed by atoms with Crippen LogP contribution in [-0.2, 0) is 19.1 Å². The van der Waals surface area contributed by atoms with Gasteiger partial charge >= 0.3 is 11.9 Å². The number of benzene rings is 1. The second-order valence-electron chi connectivity index (χ2n) is 4.30. The first kappa shape index (κ1) is 15.3. The highest BCUT2D eigenvalue weighted by molar-refractivity contribution is 6.02. The largest absolute Gasteiger partial charge is 0.466 e. The summed E-state index contributed by atoms with van der Waals surface area (Å²) in [6.07, 6.45) is 2.54. The van der Waals surface area contributed by atoms with E-state index in [-0.39, 0.29) is 11.3 Å². The number of carbonyl (C=O) groups is 2. The van der Waals surface area contributed by atoms with Crippen LogP contribution in [0.25, 0.3) is 10.8 Å². The van der Waals surface area contributed by atoms with Crippen LogP contribution in [0.15, 0.2) is 47.0 Å². The fourth-order valence-corrected chi connectivity index (χ4v) is 1.88. The van der Waals surface area contributed by atoms with Gasteiger partial charge in [-0.15, -0.1) is 0 Å². The van der Waals surface area contributed by atoms with E-state index in [4.69, 9.17) is 0 Å². The molecule has 2 aromatic rings. The summed E-state index contributed by atoms with van der Waals surface area (Å²) < 4.78 is 9.12. The zero-order valence-corrected chi connectivity index (χ0v) is 12.0. The van der Waals surface area contributed by atoms with Crippen molar-refractivity contribution in [2.24, 2.45) is 0 Å². The molecule has 2 N–H and O–H groups in total. The summed E-state index contributed by atoms with van der Waals surface area (Å²) in [4.78, 5) is 37.1. The van der Waals surface area contributed by atoms with Crippen molar-refractivity contribution in [3.63, 3.8) is 0 Å². The Bertz CT molecular complexity index is 807. The molecule has 0 bridgehead atoms. The second-order valence-corrected chi connectivity index (χ2v) is 4.30. The van der Waals surface area contributed by atoms with Crippen LogP contribution in [0.1, 0.15) is 0 Å². The lowest BCUT2D eigenvalue weighted by molar-refractivity contribution is -0.138. The molecule has 1 aromatic heterocycles. The van der Waals surface area contributed by atoms with Gasteiger partial charge in [-0.25, -0.2) is 9.59 Å². The van der Waals surface area contributed by atoms with Crippen LogP contribution in [0.5, 0.6) is 0 Å². The van der Waals surface area contributed by atoms with E-state index >= 15 is 0 Å². The van der Waals surface area contributed by atoms with Gasteiger partial charge in [0.2, 0.25) is 5.56 Å². The molecule has 0 atom stereocenters. The third-order valence-corrected chi connectivity index (χ3v) is 2.92. The van der Waals surface area contributed by atoms with Crippen LogP contribution in [0, 0.1) is 0 Å². The lowest BCUT2D eigenvalue weighted by Gasteiger charge is -2.11. The Hall–Kier alpha value is -3.09. The normalized spacial score (nSPS) is 11.1. The summed E-state index contributed by atoms with van der Waals surface area (Å²) >= 11 is 0. The maximum atomic E-state index is 11.7. The van der Waals surface area contributed by atoms with Gasteiger partial charge in [0.05, 0.1) is 20.3 Å². The molecule has 0 saturated heterocycles. The fraction of sp³-hybridized carbons (Fsp3) is 0.133. The average molecular weight is 302 g/mol. The molecule has 2 rings (SSSR count). The Kier molecular flexibility index (Phi) is 4.57.